The monoisotopic (exact) mass is 311 g/mol. The molecule has 0 aliphatic rings. The molecule has 0 fully saturated rings. The highest BCUT2D eigenvalue weighted by molar-refractivity contribution is 7.85. The van der Waals surface area contributed by atoms with Crippen LogP contribution in [-0.4, -0.2) is 52.0 Å². The van der Waals surface area contributed by atoms with Gasteiger partial charge in [-0.2, -0.15) is 8.42 Å². The Morgan fingerprint density at radius 3 is 2.10 bits per heavy atom. The Balaban J connectivity index is 0. The summed E-state index contributed by atoms with van der Waals surface area (Å²) < 4.78 is 25.9. The predicted molar refractivity (Wildman–Crippen MR) is 70.2 cm³/mol. The van der Waals surface area contributed by atoms with Gasteiger partial charge in [-0.25, -0.2) is 0 Å². The lowest BCUT2D eigenvalue weighted by Gasteiger charge is -2.06. The average molecular weight is 311 g/mol. The third kappa shape index (κ3) is 10.1. The first-order valence-electron chi connectivity index (χ1n) is 4.92. The lowest BCUT2D eigenvalue weighted by Crippen LogP contribution is -2.32. The molecule has 0 saturated carbocycles. The minimum atomic E-state index is -3.67. The lowest BCUT2D eigenvalue weighted by atomic mass is 10.1. The van der Waals surface area contributed by atoms with E-state index in [0.717, 1.165) is 0 Å². The number of benzene rings is 1. The lowest BCUT2D eigenvalue weighted by molar-refractivity contribution is -0.138. The fourth-order valence-electron chi connectivity index (χ4n) is 1.04. The van der Waals surface area contributed by atoms with E-state index >= 15 is 0 Å². The van der Waals surface area contributed by atoms with Crippen LogP contribution in [0.3, 0.4) is 0 Å². The Labute approximate surface area is 115 Å². The van der Waals surface area contributed by atoms with Gasteiger partial charge >= 0.3 is 5.97 Å². The zero-order chi connectivity index (χ0) is 15.2. The molecular weight excluding hydrogens is 294 g/mol. The van der Waals surface area contributed by atoms with Crippen molar-refractivity contribution in [3.8, 4) is 11.5 Å². The maximum absolute atomic E-state index is 10.4. The van der Waals surface area contributed by atoms with Crippen molar-refractivity contribution < 1.29 is 38.6 Å². The molecule has 10 heteroatoms. The minimum absolute atomic E-state index is 0. The Kier molecular flexibility index (Phi) is 8.50. The first-order chi connectivity index (χ1) is 8.50. The summed E-state index contributed by atoms with van der Waals surface area (Å²) in [4.78, 5) is 10.4. The molecule has 8 N–H and O–H groups in total. The molecule has 0 saturated heterocycles. The summed E-state index contributed by atoms with van der Waals surface area (Å²) in [7, 11) is -3.67. The number of phenolic OH excluding ortho intramolecular Hbond substituents is 2. The van der Waals surface area contributed by atoms with Gasteiger partial charge in [0.15, 0.2) is 11.5 Å². The molecule has 1 rings (SSSR count). The molecule has 9 nitrogen and oxygen atoms in total. The van der Waals surface area contributed by atoms with Crippen LogP contribution < -0.4 is 5.73 Å². The van der Waals surface area contributed by atoms with Gasteiger partial charge in [-0.3, -0.25) is 9.35 Å². The summed E-state index contributed by atoms with van der Waals surface area (Å²) in [5, 5.41) is 26.6. The van der Waals surface area contributed by atoms with E-state index in [4.69, 9.17) is 25.6 Å². The third-order valence-electron chi connectivity index (χ3n) is 1.81. The van der Waals surface area contributed by atoms with Gasteiger partial charge in [0.1, 0.15) is 6.04 Å². The fourth-order valence-corrected chi connectivity index (χ4v) is 1.04. The van der Waals surface area contributed by atoms with Crippen molar-refractivity contribution in [2.45, 2.75) is 12.5 Å². The molecule has 0 aromatic heterocycles. The molecule has 0 aliphatic carbocycles. The van der Waals surface area contributed by atoms with Gasteiger partial charge in [0.25, 0.3) is 10.1 Å². The number of phenols is 2. The average Bonchev–Trinajstić information content (AvgIpc) is 2.21. The van der Waals surface area contributed by atoms with Crippen molar-refractivity contribution >= 4 is 16.1 Å². The molecule has 0 bridgehead atoms. The molecule has 20 heavy (non-hydrogen) atoms. The van der Waals surface area contributed by atoms with Crippen molar-refractivity contribution in [2.75, 3.05) is 6.26 Å². The van der Waals surface area contributed by atoms with Crippen LogP contribution in [0.25, 0.3) is 0 Å². The number of carbonyl (C=O) groups is 1. The number of aromatic hydroxyl groups is 2. The molecule has 0 heterocycles. The van der Waals surface area contributed by atoms with Gasteiger partial charge in [0.05, 0.1) is 6.26 Å². The standard InChI is InChI=1S/C9H11NO4.CH4O3S.H2O/c10-6(9(13)14)3-5-1-2-7(11)8(12)4-5;1-5(2,3)4;/h1-2,4,6,11-12H,3,10H2,(H,13,14);1H3,(H,2,3,4);1H2/t6-;;/m0../s1. The molecule has 1 atom stereocenters. The number of carboxylic acids is 1. The Morgan fingerprint density at radius 2 is 1.75 bits per heavy atom. The van der Waals surface area contributed by atoms with E-state index in [1.165, 1.54) is 18.2 Å². The second-order valence-electron chi connectivity index (χ2n) is 3.70. The van der Waals surface area contributed by atoms with E-state index in [1.807, 2.05) is 0 Å². The number of rotatable bonds is 3. The van der Waals surface area contributed by atoms with Gasteiger partial charge in [-0.1, -0.05) is 6.07 Å². The first kappa shape index (κ1) is 20.4. The Morgan fingerprint density at radius 1 is 1.30 bits per heavy atom. The third-order valence-corrected chi connectivity index (χ3v) is 1.81. The van der Waals surface area contributed by atoms with Crippen LogP contribution in [0.4, 0.5) is 0 Å². The van der Waals surface area contributed by atoms with Crippen molar-refractivity contribution in [3.63, 3.8) is 0 Å². The van der Waals surface area contributed by atoms with E-state index in [1.54, 1.807) is 0 Å². The van der Waals surface area contributed by atoms with Gasteiger partial charge in [0, 0.05) is 0 Å². The van der Waals surface area contributed by atoms with E-state index in [0.29, 0.717) is 11.8 Å². The highest BCUT2D eigenvalue weighted by Crippen LogP contribution is 2.25. The van der Waals surface area contributed by atoms with Gasteiger partial charge < -0.3 is 26.5 Å². The highest BCUT2D eigenvalue weighted by atomic mass is 32.2. The van der Waals surface area contributed by atoms with Crippen molar-refractivity contribution in [1.82, 2.24) is 0 Å². The van der Waals surface area contributed by atoms with Crippen LogP contribution in [0.2, 0.25) is 0 Å². The molecule has 0 amide bonds. The molecule has 116 valence electrons. The second-order valence-corrected chi connectivity index (χ2v) is 5.17. The normalized spacial score (nSPS) is 11.6. The molecule has 0 radical (unpaired) electrons. The molecule has 0 unspecified atom stereocenters. The summed E-state index contributed by atoms with van der Waals surface area (Å²) in [6.07, 6.45) is 0.830. The molecular formula is C10H17NO8S. The summed E-state index contributed by atoms with van der Waals surface area (Å²) >= 11 is 0. The summed E-state index contributed by atoms with van der Waals surface area (Å²) in [5.41, 5.74) is 5.86. The van der Waals surface area contributed by atoms with Crippen molar-refractivity contribution in [1.29, 1.82) is 0 Å². The van der Waals surface area contributed by atoms with E-state index in [2.05, 4.69) is 0 Å². The number of hydrogen-bond donors (Lipinski definition) is 5. The number of aliphatic carboxylic acids is 1. The summed E-state index contributed by atoms with van der Waals surface area (Å²) in [5.74, 6) is -1.62. The highest BCUT2D eigenvalue weighted by Gasteiger charge is 2.12. The smallest absolute Gasteiger partial charge is 0.320 e. The van der Waals surface area contributed by atoms with Crippen molar-refractivity contribution in [3.05, 3.63) is 23.8 Å². The van der Waals surface area contributed by atoms with E-state index in [-0.39, 0.29) is 23.4 Å². The number of carboxylic acid groups (broad SMARTS) is 1. The van der Waals surface area contributed by atoms with E-state index < -0.39 is 22.1 Å². The molecule has 1 aromatic carbocycles. The summed E-state index contributed by atoms with van der Waals surface area (Å²) in [6, 6.07) is 3.09. The first-order valence-corrected chi connectivity index (χ1v) is 6.77. The van der Waals surface area contributed by atoms with Crippen LogP contribution in [0.5, 0.6) is 11.5 Å². The van der Waals surface area contributed by atoms with Crippen LogP contribution in [0, 0.1) is 0 Å². The SMILES string of the molecule is CS(=O)(=O)O.N[C@@H](Cc1ccc(O)c(O)c1)C(=O)O.O. The van der Waals surface area contributed by atoms with Crippen LogP contribution in [-0.2, 0) is 21.3 Å². The fraction of sp³-hybridized carbons (Fsp3) is 0.300. The zero-order valence-corrected chi connectivity index (χ0v) is 11.3. The maximum Gasteiger partial charge on any atom is 0.320 e. The molecule has 0 aliphatic heterocycles. The minimum Gasteiger partial charge on any atom is -0.504 e. The number of nitrogens with two attached hydrogens (primary N) is 1. The van der Waals surface area contributed by atoms with E-state index in [9.17, 15) is 13.2 Å². The van der Waals surface area contributed by atoms with Gasteiger partial charge in [-0.05, 0) is 24.1 Å². The quantitative estimate of drug-likeness (QED) is 0.337. The van der Waals surface area contributed by atoms with Crippen molar-refractivity contribution in [2.24, 2.45) is 5.73 Å². The molecule has 1 aromatic rings. The van der Waals surface area contributed by atoms with Gasteiger partial charge in [-0.15, -0.1) is 0 Å². The Bertz CT molecular complexity index is 534. The summed E-state index contributed by atoms with van der Waals surface area (Å²) in [6.45, 7) is 0. The second kappa shape index (κ2) is 8.32. The largest absolute Gasteiger partial charge is 0.504 e. The van der Waals surface area contributed by atoms with Crippen LogP contribution in [0.15, 0.2) is 18.2 Å². The molecule has 0 spiro atoms. The number of hydrogen-bond acceptors (Lipinski definition) is 6. The Hall–Kier alpha value is -1.88. The predicted octanol–water partition coefficient (Wildman–Crippen LogP) is -1.27. The topological polar surface area (TPSA) is 190 Å². The zero-order valence-electron chi connectivity index (χ0n) is 10.5. The van der Waals surface area contributed by atoms with Crippen LogP contribution in [0.1, 0.15) is 5.56 Å². The maximum atomic E-state index is 10.4. The van der Waals surface area contributed by atoms with Gasteiger partial charge in [0.2, 0.25) is 0 Å². The van der Waals surface area contributed by atoms with Crippen LogP contribution >= 0.6 is 0 Å².